The molecular weight excluding hydrogens is 261 g/mol. The van der Waals surface area contributed by atoms with Gasteiger partial charge in [0.1, 0.15) is 5.82 Å². The number of nitrogens with one attached hydrogen (secondary N) is 1. The Hall–Kier alpha value is -1.67. The second-order valence-corrected chi connectivity index (χ2v) is 5.74. The van der Waals surface area contributed by atoms with Gasteiger partial charge in [0.15, 0.2) is 0 Å². The van der Waals surface area contributed by atoms with Crippen LogP contribution in [0.15, 0.2) is 36.4 Å². The van der Waals surface area contributed by atoms with Crippen molar-refractivity contribution < 1.29 is 4.39 Å². The van der Waals surface area contributed by atoms with Crippen LogP contribution in [0.25, 0.3) is 0 Å². The summed E-state index contributed by atoms with van der Waals surface area (Å²) >= 11 is 0. The van der Waals surface area contributed by atoms with E-state index in [-0.39, 0.29) is 11.9 Å². The summed E-state index contributed by atoms with van der Waals surface area (Å²) in [6.07, 6.45) is 1.05. The molecule has 0 aromatic heterocycles. The van der Waals surface area contributed by atoms with Crippen LogP contribution in [0.3, 0.4) is 0 Å². The molecule has 0 saturated heterocycles. The monoisotopic (exact) mass is 285 g/mol. The minimum Gasteiger partial charge on any atom is -0.306 e. The molecule has 0 heterocycles. The van der Waals surface area contributed by atoms with Gasteiger partial charge in [-0.15, -0.1) is 0 Å². The number of rotatable bonds is 5. The van der Waals surface area contributed by atoms with Crippen LogP contribution in [0, 0.1) is 26.6 Å². The Kier molecular flexibility index (Phi) is 5.13. The molecule has 0 aliphatic rings. The van der Waals surface area contributed by atoms with Gasteiger partial charge in [-0.1, -0.05) is 31.2 Å². The smallest absolute Gasteiger partial charge is 0.123 e. The van der Waals surface area contributed by atoms with E-state index in [0.29, 0.717) is 0 Å². The van der Waals surface area contributed by atoms with Crippen LogP contribution in [-0.2, 0) is 0 Å². The van der Waals surface area contributed by atoms with Gasteiger partial charge in [-0.05, 0) is 73.7 Å². The Balaban J connectivity index is 2.47. The molecule has 0 radical (unpaired) electrons. The van der Waals surface area contributed by atoms with Crippen molar-refractivity contribution in [1.29, 1.82) is 0 Å². The van der Waals surface area contributed by atoms with Gasteiger partial charge in [-0.3, -0.25) is 0 Å². The quantitative estimate of drug-likeness (QED) is 0.829. The molecule has 2 aromatic carbocycles. The fourth-order valence-electron chi connectivity index (χ4n) is 2.68. The molecule has 0 fully saturated rings. The molecule has 1 nitrogen and oxygen atoms in total. The van der Waals surface area contributed by atoms with Gasteiger partial charge in [-0.25, -0.2) is 4.39 Å². The topological polar surface area (TPSA) is 12.0 Å². The highest BCUT2D eigenvalue weighted by molar-refractivity contribution is 5.42. The van der Waals surface area contributed by atoms with E-state index in [1.807, 2.05) is 6.07 Å². The molecule has 0 saturated carbocycles. The van der Waals surface area contributed by atoms with Gasteiger partial charge < -0.3 is 5.32 Å². The molecule has 2 rings (SSSR count). The van der Waals surface area contributed by atoms with Gasteiger partial charge >= 0.3 is 0 Å². The molecule has 112 valence electrons. The summed E-state index contributed by atoms with van der Waals surface area (Å²) in [5.41, 5.74) is 6.03. The number of halogens is 1. The third-order valence-corrected chi connectivity index (χ3v) is 3.97. The molecule has 0 aliphatic heterocycles. The number of aryl methyl sites for hydroxylation is 3. The largest absolute Gasteiger partial charge is 0.306 e. The third kappa shape index (κ3) is 3.70. The van der Waals surface area contributed by atoms with E-state index in [9.17, 15) is 4.39 Å². The average Bonchev–Trinajstić information content (AvgIpc) is 2.44. The van der Waals surface area contributed by atoms with E-state index < -0.39 is 0 Å². The van der Waals surface area contributed by atoms with Gasteiger partial charge in [0.05, 0.1) is 6.04 Å². The molecule has 0 spiro atoms. The van der Waals surface area contributed by atoms with Crippen LogP contribution in [0.4, 0.5) is 4.39 Å². The molecular formula is C19H24FN. The second-order valence-electron chi connectivity index (χ2n) is 5.74. The lowest BCUT2D eigenvalue weighted by molar-refractivity contribution is 0.583. The fourth-order valence-corrected chi connectivity index (χ4v) is 2.68. The Morgan fingerprint density at radius 3 is 2.38 bits per heavy atom. The van der Waals surface area contributed by atoms with Crippen molar-refractivity contribution in [2.24, 2.45) is 0 Å². The Morgan fingerprint density at radius 2 is 1.71 bits per heavy atom. The van der Waals surface area contributed by atoms with Crippen molar-refractivity contribution in [3.63, 3.8) is 0 Å². The predicted octanol–water partition coefficient (Wildman–Crippen LogP) is 4.84. The fraction of sp³-hybridized carbons (Fsp3) is 0.368. The van der Waals surface area contributed by atoms with Gasteiger partial charge in [0, 0.05) is 0 Å². The standard InChI is InChI=1S/C19H24FN/c1-5-9-21-19(16-7-6-8-17(20)12-16)18-11-14(3)13(2)10-15(18)4/h6-8,10-12,19,21H,5,9H2,1-4H3. The summed E-state index contributed by atoms with van der Waals surface area (Å²) in [6, 6.07) is 11.4. The van der Waals surface area contributed by atoms with Crippen molar-refractivity contribution in [3.05, 3.63) is 70.0 Å². The third-order valence-electron chi connectivity index (χ3n) is 3.97. The highest BCUT2D eigenvalue weighted by Gasteiger charge is 2.16. The predicted molar refractivity (Wildman–Crippen MR) is 87.2 cm³/mol. The van der Waals surface area contributed by atoms with Crippen LogP contribution in [0.1, 0.15) is 47.2 Å². The van der Waals surface area contributed by atoms with Crippen molar-refractivity contribution in [2.45, 2.75) is 40.2 Å². The Bertz CT molecular complexity index is 619. The molecule has 1 atom stereocenters. The maximum absolute atomic E-state index is 13.6. The van der Waals surface area contributed by atoms with Crippen LogP contribution in [0.5, 0.6) is 0 Å². The Labute approximate surface area is 127 Å². The molecule has 1 N–H and O–H groups in total. The summed E-state index contributed by atoms with van der Waals surface area (Å²) in [5.74, 6) is -0.183. The maximum atomic E-state index is 13.6. The van der Waals surface area contributed by atoms with Gasteiger partial charge in [0.25, 0.3) is 0 Å². The van der Waals surface area contributed by atoms with Crippen LogP contribution >= 0.6 is 0 Å². The second kappa shape index (κ2) is 6.86. The zero-order chi connectivity index (χ0) is 15.4. The molecule has 1 unspecified atom stereocenters. The first-order valence-electron chi connectivity index (χ1n) is 7.59. The summed E-state index contributed by atoms with van der Waals surface area (Å²) in [4.78, 5) is 0. The SMILES string of the molecule is CCCNC(c1cccc(F)c1)c1cc(C)c(C)cc1C. The minimum absolute atomic E-state index is 0.0416. The molecule has 0 amide bonds. The van der Waals surface area contributed by atoms with Crippen LogP contribution in [0.2, 0.25) is 0 Å². The lowest BCUT2D eigenvalue weighted by Crippen LogP contribution is -2.24. The number of benzene rings is 2. The first-order valence-corrected chi connectivity index (χ1v) is 7.59. The summed E-state index contributed by atoms with van der Waals surface area (Å²) in [6.45, 7) is 9.43. The van der Waals surface area contributed by atoms with Gasteiger partial charge in [0.2, 0.25) is 0 Å². The van der Waals surface area contributed by atoms with E-state index in [4.69, 9.17) is 0 Å². The number of hydrogen-bond acceptors (Lipinski definition) is 1. The normalized spacial score (nSPS) is 12.4. The van der Waals surface area contributed by atoms with E-state index in [1.54, 1.807) is 12.1 Å². The summed E-state index contributed by atoms with van der Waals surface area (Å²) in [7, 11) is 0. The maximum Gasteiger partial charge on any atom is 0.123 e. The summed E-state index contributed by atoms with van der Waals surface area (Å²) in [5, 5.41) is 3.55. The first-order chi connectivity index (χ1) is 10.0. The van der Waals surface area contributed by atoms with E-state index in [0.717, 1.165) is 18.5 Å². The zero-order valence-corrected chi connectivity index (χ0v) is 13.3. The molecule has 2 heteroatoms. The van der Waals surface area contributed by atoms with Crippen molar-refractivity contribution >= 4 is 0 Å². The van der Waals surface area contributed by atoms with E-state index in [1.165, 1.54) is 28.3 Å². The molecule has 0 bridgehead atoms. The highest BCUT2D eigenvalue weighted by atomic mass is 19.1. The lowest BCUT2D eigenvalue weighted by atomic mass is 9.91. The molecule has 0 aliphatic carbocycles. The zero-order valence-electron chi connectivity index (χ0n) is 13.3. The van der Waals surface area contributed by atoms with Crippen molar-refractivity contribution in [1.82, 2.24) is 5.32 Å². The number of hydrogen-bond donors (Lipinski definition) is 1. The summed E-state index contributed by atoms with van der Waals surface area (Å²) < 4.78 is 13.6. The van der Waals surface area contributed by atoms with Crippen molar-refractivity contribution in [3.8, 4) is 0 Å². The highest BCUT2D eigenvalue weighted by Crippen LogP contribution is 2.27. The average molecular weight is 285 g/mol. The van der Waals surface area contributed by atoms with E-state index in [2.05, 4.69) is 45.1 Å². The molecule has 2 aromatic rings. The Morgan fingerprint density at radius 1 is 1.00 bits per heavy atom. The van der Waals surface area contributed by atoms with Gasteiger partial charge in [-0.2, -0.15) is 0 Å². The lowest BCUT2D eigenvalue weighted by Gasteiger charge is -2.23. The first kappa shape index (κ1) is 15.7. The van der Waals surface area contributed by atoms with Crippen molar-refractivity contribution in [2.75, 3.05) is 6.54 Å². The minimum atomic E-state index is -0.183. The molecule has 21 heavy (non-hydrogen) atoms. The van der Waals surface area contributed by atoms with E-state index >= 15 is 0 Å². The van der Waals surface area contributed by atoms with Crippen LogP contribution in [-0.4, -0.2) is 6.54 Å². The van der Waals surface area contributed by atoms with Crippen LogP contribution < -0.4 is 5.32 Å².